The van der Waals surface area contributed by atoms with E-state index in [1.807, 2.05) is 28.4 Å². The van der Waals surface area contributed by atoms with E-state index in [1.54, 1.807) is 22.7 Å². The molecule has 2 rings (SSSR count). The summed E-state index contributed by atoms with van der Waals surface area (Å²) in [5.74, 6) is 0. The molecule has 0 spiro atoms. The van der Waals surface area contributed by atoms with Crippen molar-refractivity contribution in [2.45, 2.75) is 19.1 Å². The van der Waals surface area contributed by atoms with Crippen LogP contribution in [0.4, 0.5) is 0 Å². The van der Waals surface area contributed by atoms with E-state index in [9.17, 15) is 5.11 Å². The monoisotopic (exact) mass is 254 g/mol. The summed E-state index contributed by atoms with van der Waals surface area (Å²) in [5.41, 5.74) is 2.85. The summed E-state index contributed by atoms with van der Waals surface area (Å²) in [6, 6.07) is 4.08. The number of hydrogen-bond donors (Lipinski definition) is 2. The maximum Gasteiger partial charge on any atom is 0.101 e. The fourth-order valence-corrected chi connectivity index (χ4v) is 2.77. The van der Waals surface area contributed by atoms with Crippen LogP contribution in [0.5, 0.6) is 0 Å². The maximum atomic E-state index is 9.89. The van der Waals surface area contributed by atoms with Gasteiger partial charge in [-0.3, -0.25) is 0 Å². The largest absolute Gasteiger partial charge is 0.386 e. The first kappa shape index (κ1) is 11.7. The zero-order valence-corrected chi connectivity index (χ0v) is 10.6. The number of aliphatic hydroxyl groups excluding tert-OH is 1. The van der Waals surface area contributed by atoms with Crippen molar-refractivity contribution in [3.05, 3.63) is 39.0 Å². The Labute approximate surface area is 103 Å². The molecule has 0 saturated carbocycles. The van der Waals surface area contributed by atoms with Crippen LogP contribution >= 0.6 is 22.7 Å². The van der Waals surface area contributed by atoms with Gasteiger partial charge in [-0.2, -0.15) is 0 Å². The van der Waals surface area contributed by atoms with Gasteiger partial charge in [0.1, 0.15) is 6.10 Å². The van der Waals surface area contributed by atoms with Crippen molar-refractivity contribution in [1.82, 2.24) is 10.3 Å². The molecule has 2 N–H and O–H groups in total. The van der Waals surface area contributed by atoms with Gasteiger partial charge in [0.15, 0.2) is 0 Å². The Bertz CT molecular complexity index is 359. The minimum Gasteiger partial charge on any atom is -0.386 e. The molecular formula is C11H14N2OS2. The molecule has 2 atom stereocenters. The van der Waals surface area contributed by atoms with Crippen LogP contribution < -0.4 is 5.32 Å². The van der Waals surface area contributed by atoms with Crippen molar-refractivity contribution >= 4 is 22.7 Å². The number of aliphatic hydroxyl groups is 1. The third-order valence-corrected chi connectivity index (χ3v) is 3.96. The lowest BCUT2D eigenvalue weighted by Gasteiger charge is -2.14. The van der Waals surface area contributed by atoms with Crippen LogP contribution in [0.25, 0.3) is 0 Å². The Morgan fingerprint density at radius 1 is 1.56 bits per heavy atom. The van der Waals surface area contributed by atoms with Crippen LogP contribution in [-0.4, -0.2) is 16.6 Å². The second kappa shape index (κ2) is 5.54. The molecule has 0 amide bonds. The lowest BCUT2D eigenvalue weighted by Crippen LogP contribution is -2.24. The molecular weight excluding hydrogens is 240 g/mol. The minimum atomic E-state index is -0.430. The highest BCUT2D eigenvalue weighted by Gasteiger charge is 2.11. The molecule has 0 aliphatic carbocycles. The van der Waals surface area contributed by atoms with E-state index in [1.165, 1.54) is 0 Å². The quantitative estimate of drug-likeness (QED) is 0.862. The second-order valence-electron chi connectivity index (χ2n) is 3.57. The van der Waals surface area contributed by atoms with Crippen molar-refractivity contribution in [3.63, 3.8) is 0 Å². The summed E-state index contributed by atoms with van der Waals surface area (Å²) in [7, 11) is 0. The molecule has 0 fully saturated rings. The van der Waals surface area contributed by atoms with E-state index >= 15 is 0 Å². The molecule has 2 unspecified atom stereocenters. The Hall–Kier alpha value is -0.750. The maximum absolute atomic E-state index is 9.89. The predicted molar refractivity (Wildman–Crippen MR) is 67.8 cm³/mol. The van der Waals surface area contributed by atoms with Crippen LogP contribution in [0.1, 0.15) is 29.6 Å². The second-order valence-corrected chi connectivity index (χ2v) is 5.27. The minimum absolute atomic E-state index is 0.181. The Balaban J connectivity index is 1.84. The van der Waals surface area contributed by atoms with Gasteiger partial charge >= 0.3 is 0 Å². The van der Waals surface area contributed by atoms with Gasteiger partial charge in [0, 0.05) is 22.8 Å². The highest BCUT2D eigenvalue weighted by atomic mass is 32.1. The third kappa shape index (κ3) is 2.89. The normalized spacial score (nSPS) is 14.9. The fourth-order valence-electron chi connectivity index (χ4n) is 1.41. The molecule has 16 heavy (non-hydrogen) atoms. The van der Waals surface area contributed by atoms with E-state index in [4.69, 9.17) is 0 Å². The van der Waals surface area contributed by atoms with Gasteiger partial charge in [0.2, 0.25) is 0 Å². The summed E-state index contributed by atoms with van der Waals surface area (Å²) in [4.78, 5) is 5.23. The lowest BCUT2D eigenvalue weighted by atomic mass is 10.2. The number of nitrogens with zero attached hydrogens (tertiary/aromatic N) is 1. The number of hydrogen-bond acceptors (Lipinski definition) is 5. The SMILES string of the molecule is CC(NCC(O)c1cccs1)c1cscn1. The van der Waals surface area contributed by atoms with E-state index in [0.717, 1.165) is 10.6 Å². The number of thiophene rings is 1. The average Bonchev–Trinajstić information content (AvgIpc) is 2.95. The van der Waals surface area contributed by atoms with E-state index < -0.39 is 6.10 Å². The average molecular weight is 254 g/mol. The Morgan fingerprint density at radius 3 is 3.06 bits per heavy atom. The molecule has 0 aliphatic rings. The van der Waals surface area contributed by atoms with Gasteiger partial charge in [0.05, 0.1) is 11.2 Å². The van der Waals surface area contributed by atoms with Gasteiger partial charge in [0.25, 0.3) is 0 Å². The lowest BCUT2D eigenvalue weighted by molar-refractivity contribution is 0.174. The first-order valence-electron chi connectivity index (χ1n) is 5.10. The van der Waals surface area contributed by atoms with E-state index in [0.29, 0.717) is 6.54 Å². The molecule has 0 bridgehead atoms. The third-order valence-electron chi connectivity index (χ3n) is 2.38. The van der Waals surface area contributed by atoms with Crippen LogP contribution in [0.3, 0.4) is 0 Å². The number of thiazole rings is 1. The molecule has 2 aromatic rings. The van der Waals surface area contributed by atoms with Crippen molar-refractivity contribution in [2.24, 2.45) is 0 Å². The molecule has 2 aromatic heterocycles. The zero-order valence-electron chi connectivity index (χ0n) is 8.96. The van der Waals surface area contributed by atoms with Gasteiger partial charge in [-0.15, -0.1) is 22.7 Å². The Kier molecular flexibility index (Phi) is 4.06. The molecule has 0 radical (unpaired) electrons. The van der Waals surface area contributed by atoms with Crippen LogP contribution in [-0.2, 0) is 0 Å². The van der Waals surface area contributed by atoms with E-state index in [2.05, 4.69) is 17.2 Å². The van der Waals surface area contributed by atoms with Gasteiger partial charge in [-0.05, 0) is 18.4 Å². The van der Waals surface area contributed by atoms with Crippen LogP contribution in [0, 0.1) is 0 Å². The molecule has 3 nitrogen and oxygen atoms in total. The summed E-state index contributed by atoms with van der Waals surface area (Å²) in [6.45, 7) is 2.61. The summed E-state index contributed by atoms with van der Waals surface area (Å²) in [5, 5.41) is 17.2. The number of rotatable bonds is 5. The molecule has 86 valence electrons. The zero-order chi connectivity index (χ0) is 11.4. The molecule has 5 heteroatoms. The van der Waals surface area contributed by atoms with Gasteiger partial charge in [-0.1, -0.05) is 6.07 Å². The van der Waals surface area contributed by atoms with Crippen molar-refractivity contribution in [1.29, 1.82) is 0 Å². The molecule has 2 heterocycles. The van der Waals surface area contributed by atoms with Crippen LogP contribution in [0.15, 0.2) is 28.4 Å². The molecule has 0 saturated heterocycles. The van der Waals surface area contributed by atoms with E-state index in [-0.39, 0.29) is 6.04 Å². The molecule has 0 aromatic carbocycles. The first-order valence-corrected chi connectivity index (χ1v) is 6.92. The summed E-state index contributed by atoms with van der Waals surface area (Å²) >= 11 is 3.16. The predicted octanol–water partition coefficient (Wildman–Crippen LogP) is 2.59. The smallest absolute Gasteiger partial charge is 0.101 e. The van der Waals surface area contributed by atoms with Crippen molar-refractivity contribution in [3.8, 4) is 0 Å². The number of aromatic nitrogens is 1. The van der Waals surface area contributed by atoms with Crippen molar-refractivity contribution < 1.29 is 5.11 Å². The van der Waals surface area contributed by atoms with Gasteiger partial charge in [-0.25, -0.2) is 4.98 Å². The topological polar surface area (TPSA) is 45.1 Å². The number of nitrogens with one attached hydrogen (secondary N) is 1. The fraction of sp³-hybridized carbons (Fsp3) is 0.364. The summed E-state index contributed by atoms with van der Waals surface area (Å²) < 4.78 is 0. The summed E-state index contributed by atoms with van der Waals surface area (Å²) in [6.07, 6.45) is -0.430. The van der Waals surface area contributed by atoms with Crippen LogP contribution in [0.2, 0.25) is 0 Å². The molecule has 0 aliphatic heterocycles. The van der Waals surface area contributed by atoms with Crippen molar-refractivity contribution in [2.75, 3.05) is 6.54 Å². The standard InChI is InChI=1S/C11H14N2OS2/c1-8(9-6-15-7-13-9)12-5-10(14)11-3-2-4-16-11/h2-4,6-8,10,12,14H,5H2,1H3. The Morgan fingerprint density at radius 2 is 2.44 bits per heavy atom. The highest BCUT2D eigenvalue weighted by Crippen LogP contribution is 2.19. The van der Waals surface area contributed by atoms with Gasteiger partial charge < -0.3 is 10.4 Å². The highest BCUT2D eigenvalue weighted by molar-refractivity contribution is 7.10. The first-order chi connectivity index (χ1) is 7.77.